The Kier molecular flexibility index (Phi) is 6.41. The number of aryl methyl sites for hydroxylation is 1. The lowest BCUT2D eigenvalue weighted by molar-refractivity contribution is -0.136. The summed E-state index contributed by atoms with van der Waals surface area (Å²) in [4.78, 5) is 23.5. The molecule has 1 N–H and O–H groups in total. The zero-order valence-corrected chi connectivity index (χ0v) is 15.2. The number of carboxylic acid groups (broad SMARTS) is 1. The van der Waals surface area contributed by atoms with Gasteiger partial charge in [-0.05, 0) is 35.7 Å². The fraction of sp³-hybridized carbons (Fsp3) is 0.130. The van der Waals surface area contributed by atoms with Gasteiger partial charge < -0.3 is 14.6 Å². The van der Waals surface area contributed by atoms with Gasteiger partial charge in [0.25, 0.3) is 0 Å². The van der Waals surface area contributed by atoms with Crippen LogP contribution in [0.1, 0.15) is 27.9 Å². The van der Waals surface area contributed by atoms with Crippen molar-refractivity contribution in [1.82, 2.24) is 0 Å². The maximum absolute atomic E-state index is 12.5. The summed E-state index contributed by atoms with van der Waals surface area (Å²) >= 11 is 0. The summed E-state index contributed by atoms with van der Waals surface area (Å²) < 4.78 is 11.5. The van der Waals surface area contributed by atoms with E-state index >= 15 is 0 Å². The first-order valence-electron chi connectivity index (χ1n) is 8.91. The zero-order valence-electron chi connectivity index (χ0n) is 15.2. The summed E-state index contributed by atoms with van der Waals surface area (Å²) in [6.45, 7) is 0.305. The van der Waals surface area contributed by atoms with Gasteiger partial charge in [0.1, 0.15) is 6.61 Å². The van der Waals surface area contributed by atoms with Crippen molar-refractivity contribution >= 4 is 11.9 Å². The van der Waals surface area contributed by atoms with Crippen molar-refractivity contribution in [3.05, 3.63) is 95.6 Å². The Morgan fingerprint density at radius 1 is 0.821 bits per heavy atom. The van der Waals surface area contributed by atoms with E-state index in [2.05, 4.69) is 0 Å². The van der Waals surface area contributed by atoms with Gasteiger partial charge in [0.05, 0.1) is 5.56 Å². The van der Waals surface area contributed by atoms with E-state index in [0.29, 0.717) is 23.5 Å². The minimum absolute atomic E-state index is 0.0714. The predicted octanol–water partition coefficient (Wildman–Crippen LogP) is 4.50. The second kappa shape index (κ2) is 9.37. The van der Waals surface area contributed by atoms with Crippen molar-refractivity contribution in [2.75, 3.05) is 0 Å². The lowest BCUT2D eigenvalue weighted by Gasteiger charge is -2.15. The first kappa shape index (κ1) is 19.2. The molecule has 0 bridgehead atoms. The van der Waals surface area contributed by atoms with Gasteiger partial charge in [0, 0.05) is 6.42 Å². The fourth-order valence-electron chi connectivity index (χ4n) is 2.69. The van der Waals surface area contributed by atoms with E-state index in [9.17, 15) is 9.59 Å². The summed E-state index contributed by atoms with van der Waals surface area (Å²) in [6.07, 6.45) is 0.160. The molecular formula is C23H20O5. The Bertz CT molecular complexity index is 936. The molecule has 0 spiro atoms. The molecule has 142 valence electrons. The summed E-state index contributed by atoms with van der Waals surface area (Å²) in [5, 5.41) is 9.01. The second-order valence-electron chi connectivity index (χ2n) is 6.17. The van der Waals surface area contributed by atoms with E-state index in [1.807, 2.05) is 36.4 Å². The fourth-order valence-corrected chi connectivity index (χ4v) is 2.69. The highest BCUT2D eigenvalue weighted by atomic mass is 16.6. The van der Waals surface area contributed by atoms with Gasteiger partial charge >= 0.3 is 11.9 Å². The normalized spacial score (nSPS) is 10.3. The Morgan fingerprint density at radius 2 is 1.50 bits per heavy atom. The van der Waals surface area contributed by atoms with E-state index in [-0.39, 0.29) is 18.6 Å². The van der Waals surface area contributed by atoms with Crippen LogP contribution in [0.15, 0.2) is 78.9 Å². The Labute approximate surface area is 163 Å². The third-order valence-corrected chi connectivity index (χ3v) is 4.11. The molecule has 0 heterocycles. The molecule has 0 fully saturated rings. The number of rotatable bonds is 8. The van der Waals surface area contributed by atoms with E-state index in [1.54, 1.807) is 42.5 Å². The Balaban J connectivity index is 1.86. The molecule has 0 aromatic heterocycles. The SMILES string of the molecule is O=C(O)CCc1cccc(OCc2ccccc2)c1OC(=O)c1ccccc1. The number of hydrogen-bond donors (Lipinski definition) is 1. The van der Waals surface area contributed by atoms with E-state index in [0.717, 1.165) is 5.56 Å². The van der Waals surface area contributed by atoms with Gasteiger partial charge in [0.2, 0.25) is 0 Å². The van der Waals surface area contributed by atoms with Gasteiger partial charge in [-0.2, -0.15) is 0 Å². The first-order chi connectivity index (χ1) is 13.6. The third kappa shape index (κ3) is 5.20. The monoisotopic (exact) mass is 376 g/mol. The lowest BCUT2D eigenvalue weighted by atomic mass is 10.1. The van der Waals surface area contributed by atoms with Crippen LogP contribution in [0, 0.1) is 0 Å². The van der Waals surface area contributed by atoms with Crippen LogP contribution in [0.4, 0.5) is 0 Å². The minimum Gasteiger partial charge on any atom is -0.485 e. The predicted molar refractivity (Wildman–Crippen MR) is 105 cm³/mol. The number of ether oxygens (including phenoxy) is 2. The smallest absolute Gasteiger partial charge is 0.343 e. The molecule has 3 aromatic carbocycles. The summed E-state index contributed by atoms with van der Waals surface area (Å²) in [5.41, 5.74) is 1.99. The number of benzene rings is 3. The molecule has 3 rings (SSSR count). The number of para-hydroxylation sites is 1. The van der Waals surface area contributed by atoms with Crippen molar-refractivity contribution in [3.63, 3.8) is 0 Å². The Hall–Kier alpha value is -3.60. The highest BCUT2D eigenvalue weighted by molar-refractivity contribution is 5.91. The number of carbonyl (C=O) groups excluding carboxylic acids is 1. The van der Waals surface area contributed by atoms with Crippen LogP contribution in [-0.4, -0.2) is 17.0 Å². The number of aliphatic carboxylic acids is 1. The van der Waals surface area contributed by atoms with Gasteiger partial charge in [0.15, 0.2) is 11.5 Å². The second-order valence-corrected chi connectivity index (χ2v) is 6.17. The number of carboxylic acids is 1. The van der Waals surface area contributed by atoms with Crippen molar-refractivity contribution in [2.24, 2.45) is 0 Å². The summed E-state index contributed by atoms with van der Waals surface area (Å²) in [5.74, 6) is -0.784. The standard InChI is InChI=1S/C23H20O5/c24-21(25)15-14-18-12-7-13-20(27-16-17-8-3-1-4-9-17)22(18)28-23(26)19-10-5-2-6-11-19/h1-13H,14-16H2,(H,24,25). The van der Waals surface area contributed by atoms with Crippen LogP contribution in [0.2, 0.25) is 0 Å². The highest BCUT2D eigenvalue weighted by Gasteiger charge is 2.17. The average molecular weight is 376 g/mol. The largest absolute Gasteiger partial charge is 0.485 e. The van der Waals surface area contributed by atoms with Crippen LogP contribution in [-0.2, 0) is 17.8 Å². The molecule has 0 atom stereocenters. The molecule has 5 nitrogen and oxygen atoms in total. The van der Waals surface area contributed by atoms with Gasteiger partial charge in [-0.1, -0.05) is 60.7 Å². The molecular weight excluding hydrogens is 356 g/mol. The van der Waals surface area contributed by atoms with Crippen LogP contribution in [0.25, 0.3) is 0 Å². The molecule has 3 aromatic rings. The molecule has 0 radical (unpaired) electrons. The van der Waals surface area contributed by atoms with E-state index in [1.165, 1.54) is 0 Å². The van der Waals surface area contributed by atoms with Crippen molar-refractivity contribution in [3.8, 4) is 11.5 Å². The van der Waals surface area contributed by atoms with Crippen molar-refractivity contribution < 1.29 is 24.2 Å². The number of carbonyl (C=O) groups is 2. The summed E-state index contributed by atoms with van der Waals surface area (Å²) in [6, 6.07) is 23.5. The van der Waals surface area contributed by atoms with Crippen LogP contribution in [0.5, 0.6) is 11.5 Å². The molecule has 0 saturated heterocycles. The van der Waals surface area contributed by atoms with E-state index in [4.69, 9.17) is 14.6 Å². The van der Waals surface area contributed by atoms with E-state index < -0.39 is 11.9 Å². The number of hydrogen-bond acceptors (Lipinski definition) is 4. The van der Waals surface area contributed by atoms with Crippen LogP contribution < -0.4 is 9.47 Å². The quantitative estimate of drug-likeness (QED) is 0.463. The molecule has 0 aliphatic heterocycles. The molecule has 28 heavy (non-hydrogen) atoms. The maximum Gasteiger partial charge on any atom is 0.343 e. The van der Waals surface area contributed by atoms with Crippen LogP contribution >= 0.6 is 0 Å². The lowest BCUT2D eigenvalue weighted by Crippen LogP contribution is -2.11. The molecule has 5 heteroatoms. The average Bonchev–Trinajstić information content (AvgIpc) is 2.73. The topological polar surface area (TPSA) is 72.8 Å². The van der Waals surface area contributed by atoms with Crippen molar-refractivity contribution in [1.29, 1.82) is 0 Å². The first-order valence-corrected chi connectivity index (χ1v) is 8.91. The highest BCUT2D eigenvalue weighted by Crippen LogP contribution is 2.33. The molecule has 0 unspecified atom stereocenters. The van der Waals surface area contributed by atoms with Gasteiger partial charge in [-0.3, -0.25) is 4.79 Å². The van der Waals surface area contributed by atoms with Crippen LogP contribution in [0.3, 0.4) is 0 Å². The summed E-state index contributed by atoms with van der Waals surface area (Å²) in [7, 11) is 0. The molecule has 0 aliphatic rings. The van der Waals surface area contributed by atoms with Crippen molar-refractivity contribution in [2.45, 2.75) is 19.4 Å². The Morgan fingerprint density at radius 3 is 2.18 bits per heavy atom. The molecule has 0 saturated carbocycles. The number of esters is 1. The molecule has 0 amide bonds. The van der Waals surface area contributed by atoms with Gasteiger partial charge in [-0.15, -0.1) is 0 Å². The van der Waals surface area contributed by atoms with Gasteiger partial charge in [-0.25, -0.2) is 4.79 Å². The minimum atomic E-state index is -0.920. The zero-order chi connectivity index (χ0) is 19.8. The third-order valence-electron chi connectivity index (χ3n) is 4.11. The molecule has 0 aliphatic carbocycles. The maximum atomic E-state index is 12.5.